The number of carbonyl (C=O) groups excluding carboxylic acids is 1. The van der Waals surface area contributed by atoms with Gasteiger partial charge < -0.3 is 10.2 Å². The first-order valence-electron chi connectivity index (χ1n) is 7.19. The number of halogens is 1. The number of anilines is 1. The molecule has 0 aromatic heterocycles. The van der Waals surface area contributed by atoms with Crippen LogP contribution in [0.5, 0.6) is 0 Å². The lowest BCUT2D eigenvalue weighted by molar-refractivity contribution is -0.119. The van der Waals surface area contributed by atoms with Crippen molar-refractivity contribution in [1.29, 1.82) is 0 Å². The van der Waals surface area contributed by atoms with Gasteiger partial charge in [0.25, 0.3) is 0 Å². The Bertz CT molecular complexity index is 444. The molecule has 5 heteroatoms. The lowest BCUT2D eigenvalue weighted by Gasteiger charge is -2.25. The molecule has 0 spiro atoms. The van der Waals surface area contributed by atoms with Crippen LogP contribution >= 0.6 is 0 Å². The molecule has 20 heavy (non-hydrogen) atoms. The lowest BCUT2D eigenvalue weighted by atomic mass is 10.2. The van der Waals surface area contributed by atoms with E-state index in [0.717, 1.165) is 32.6 Å². The highest BCUT2D eigenvalue weighted by Gasteiger charge is 2.18. The predicted octanol–water partition coefficient (Wildman–Crippen LogP) is 1.47. The number of carbonyl (C=O) groups is 1. The fourth-order valence-corrected chi connectivity index (χ4v) is 2.48. The maximum atomic E-state index is 13.3. The molecule has 1 aliphatic heterocycles. The molecule has 0 unspecified atom stereocenters. The van der Waals surface area contributed by atoms with Gasteiger partial charge in [-0.1, -0.05) is 6.07 Å². The van der Waals surface area contributed by atoms with Crippen molar-refractivity contribution in [2.45, 2.75) is 13.3 Å². The molecule has 0 aliphatic carbocycles. The molecule has 110 valence electrons. The summed E-state index contributed by atoms with van der Waals surface area (Å²) >= 11 is 0. The van der Waals surface area contributed by atoms with Gasteiger partial charge in [-0.15, -0.1) is 0 Å². The number of amides is 1. The number of likely N-dealkylation sites (N-methyl/N-ethyl adjacent to an activating group) is 1. The summed E-state index contributed by atoms with van der Waals surface area (Å²) in [6.07, 6.45) is 1.05. The molecule has 1 aliphatic rings. The van der Waals surface area contributed by atoms with Crippen LogP contribution in [0.25, 0.3) is 0 Å². The minimum atomic E-state index is -0.312. The normalized spacial score (nSPS) is 16.7. The smallest absolute Gasteiger partial charge is 0.241 e. The Hall–Kier alpha value is -1.46. The van der Waals surface area contributed by atoms with E-state index in [0.29, 0.717) is 18.8 Å². The molecular formula is C15H22FN3O. The molecule has 1 saturated heterocycles. The molecule has 0 radical (unpaired) electrons. The molecule has 1 aromatic rings. The summed E-state index contributed by atoms with van der Waals surface area (Å²) in [5, 5.41) is 3.32. The molecule has 0 bridgehead atoms. The molecular weight excluding hydrogens is 257 g/mol. The van der Waals surface area contributed by atoms with Gasteiger partial charge >= 0.3 is 0 Å². The topological polar surface area (TPSA) is 35.6 Å². The van der Waals surface area contributed by atoms with Crippen molar-refractivity contribution in [1.82, 2.24) is 10.2 Å². The zero-order chi connectivity index (χ0) is 14.4. The van der Waals surface area contributed by atoms with Crippen LogP contribution in [0.2, 0.25) is 0 Å². The van der Waals surface area contributed by atoms with E-state index in [4.69, 9.17) is 0 Å². The molecule has 1 amide bonds. The third-order valence-electron chi connectivity index (χ3n) is 3.53. The second-order valence-corrected chi connectivity index (χ2v) is 5.00. The van der Waals surface area contributed by atoms with E-state index in [1.54, 1.807) is 17.0 Å². The van der Waals surface area contributed by atoms with Gasteiger partial charge in [-0.2, -0.15) is 0 Å². The molecule has 1 aromatic carbocycles. The summed E-state index contributed by atoms with van der Waals surface area (Å²) in [5.41, 5.74) is 0.630. The Morgan fingerprint density at radius 3 is 3.00 bits per heavy atom. The zero-order valence-corrected chi connectivity index (χ0v) is 11.9. The monoisotopic (exact) mass is 279 g/mol. The molecule has 1 N–H and O–H groups in total. The van der Waals surface area contributed by atoms with Gasteiger partial charge in [-0.05, 0) is 44.6 Å². The van der Waals surface area contributed by atoms with Crippen LogP contribution in [0.1, 0.15) is 13.3 Å². The summed E-state index contributed by atoms with van der Waals surface area (Å²) in [7, 11) is 0. The Morgan fingerprint density at radius 1 is 1.40 bits per heavy atom. The van der Waals surface area contributed by atoms with E-state index in [1.165, 1.54) is 12.1 Å². The van der Waals surface area contributed by atoms with Crippen LogP contribution in [0.15, 0.2) is 24.3 Å². The van der Waals surface area contributed by atoms with Crippen molar-refractivity contribution in [2.24, 2.45) is 0 Å². The number of hydrogen-bond donors (Lipinski definition) is 1. The van der Waals surface area contributed by atoms with Crippen molar-refractivity contribution in [2.75, 3.05) is 44.2 Å². The SMILES string of the molecule is CCN(C(=O)CN1CCCNCC1)c1cccc(F)c1. The van der Waals surface area contributed by atoms with Gasteiger partial charge in [-0.25, -0.2) is 4.39 Å². The Balaban J connectivity index is 2.01. The van der Waals surface area contributed by atoms with Crippen molar-refractivity contribution >= 4 is 11.6 Å². The van der Waals surface area contributed by atoms with Gasteiger partial charge in [0.2, 0.25) is 5.91 Å². The predicted molar refractivity (Wildman–Crippen MR) is 78.4 cm³/mol. The maximum Gasteiger partial charge on any atom is 0.241 e. The van der Waals surface area contributed by atoms with E-state index < -0.39 is 0 Å². The van der Waals surface area contributed by atoms with Crippen LogP contribution in [0, 0.1) is 5.82 Å². The van der Waals surface area contributed by atoms with E-state index in [9.17, 15) is 9.18 Å². The Morgan fingerprint density at radius 2 is 2.25 bits per heavy atom. The average molecular weight is 279 g/mol. The zero-order valence-electron chi connectivity index (χ0n) is 11.9. The highest BCUT2D eigenvalue weighted by molar-refractivity contribution is 5.94. The molecule has 1 heterocycles. The minimum absolute atomic E-state index is 0.0278. The second kappa shape index (κ2) is 7.36. The maximum absolute atomic E-state index is 13.3. The first kappa shape index (κ1) is 14.9. The first-order valence-corrected chi connectivity index (χ1v) is 7.19. The first-order chi connectivity index (χ1) is 9.70. The van der Waals surface area contributed by atoms with Gasteiger partial charge in [-0.3, -0.25) is 9.69 Å². The standard InChI is InChI=1S/C15H22FN3O/c1-2-19(14-6-3-5-13(16)11-14)15(20)12-18-9-4-7-17-8-10-18/h3,5-6,11,17H,2,4,7-10,12H2,1H3. The van der Waals surface area contributed by atoms with Gasteiger partial charge in [0.1, 0.15) is 5.82 Å². The molecule has 2 rings (SSSR count). The quantitative estimate of drug-likeness (QED) is 0.906. The third-order valence-corrected chi connectivity index (χ3v) is 3.53. The van der Waals surface area contributed by atoms with Crippen molar-refractivity contribution in [3.05, 3.63) is 30.1 Å². The fraction of sp³-hybridized carbons (Fsp3) is 0.533. The summed E-state index contributed by atoms with van der Waals surface area (Å²) in [4.78, 5) is 16.2. The summed E-state index contributed by atoms with van der Waals surface area (Å²) in [5.74, 6) is -0.285. The van der Waals surface area contributed by atoms with E-state index in [-0.39, 0.29) is 11.7 Å². The third kappa shape index (κ3) is 4.02. The largest absolute Gasteiger partial charge is 0.315 e. The van der Waals surface area contributed by atoms with Crippen molar-refractivity contribution < 1.29 is 9.18 Å². The van der Waals surface area contributed by atoms with E-state index in [2.05, 4.69) is 10.2 Å². The van der Waals surface area contributed by atoms with Crippen LogP contribution in [-0.4, -0.2) is 50.1 Å². The van der Waals surface area contributed by atoms with Crippen LogP contribution in [-0.2, 0) is 4.79 Å². The van der Waals surface area contributed by atoms with Crippen molar-refractivity contribution in [3.8, 4) is 0 Å². The average Bonchev–Trinajstić information content (AvgIpc) is 2.68. The number of nitrogens with one attached hydrogen (secondary N) is 1. The van der Waals surface area contributed by atoms with Crippen molar-refractivity contribution in [3.63, 3.8) is 0 Å². The highest BCUT2D eigenvalue weighted by Crippen LogP contribution is 2.16. The van der Waals surface area contributed by atoms with Crippen LogP contribution in [0.3, 0.4) is 0 Å². The summed E-state index contributed by atoms with van der Waals surface area (Å²) in [6, 6.07) is 6.21. The Labute approximate surface area is 119 Å². The number of nitrogens with zero attached hydrogens (tertiary/aromatic N) is 2. The van der Waals surface area contributed by atoms with E-state index >= 15 is 0 Å². The molecule has 4 nitrogen and oxygen atoms in total. The van der Waals surface area contributed by atoms with Crippen LogP contribution in [0.4, 0.5) is 10.1 Å². The summed E-state index contributed by atoms with van der Waals surface area (Å²) < 4.78 is 13.3. The second-order valence-electron chi connectivity index (χ2n) is 5.00. The van der Waals surface area contributed by atoms with Gasteiger partial charge in [0, 0.05) is 25.3 Å². The minimum Gasteiger partial charge on any atom is -0.315 e. The van der Waals surface area contributed by atoms with Crippen LogP contribution < -0.4 is 10.2 Å². The number of rotatable bonds is 4. The summed E-state index contributed by atoms with van der Waals surface area (Å²) in [6.45, 7) is 6.59. The number of hydrogen-bond acceptors (Lipinski definition) is 3. The highest BCUT2D eigenvalue weighted by atomic mass is 19.1. The van der Waals surface area contributed by atoms with Gasteiger partial charge in [0.15, 0.2) is 0 Å². The van der Waals surface area contributed by atoms with E-state index in [1.807, 2.05) is 6.92 Å². The lowest BCUT2D eigenvalue weighted by Crippen LogP contribution is -2.41. The van der Waals surface area contributed by atoms with Gasteiger partial charge in [0.05, 0.1) is 6.54 Å². The molecule has 0 atom stereocenters. The Kier molecular flexibility index (Phi) is 5.49. The number of benzene rings is 1. The fourth-order valence-electron chi connectivity index (χ4n) is 2.48. The molecule has 1 fully saturated rings. The molecule has 0 saturated carbocycles.